The van der Waals surface area contributed by atoms with Crippen LogP contribution in [0.15, 0.2) is 29.3 Å². The molecular weight excluding hydrogens is 231 g/mol. The second kappa shape index (κ2) is 7.66. The van der Waals surface area contributed by atoms with E-state index >= 15 is 0 Å². The van der Waals surface area contributed by atoms with Crippen molar-refractivity contribution in [2.75, 3.05) is 6.54 Å². The van der Waals surface area contributed by atoms with Gasteiger partial charge in [0, 0.05) is 12.1 Å². The highest BCUT2D eigenvalue weighted by Gasteiger charge is 2.11. The van der Waals surface area contributed by atoms with Crippen LogP contribution in [0.1, 0.15) is 38.3 Å². The van der Waals surface area contributed by atoms with Gasteiger partial charge in [-0.25, -0.2) is 10.2 Å². The second-order valence-corrected chi connectivity index (χ2v) is 4.12. The number of hydrazine groups is 1. The van der Waals surface area contributed by atoms with Crippen molar-refractivity contribution in [3.63, 3.8) is 0 Å². The molecular formula is C13H21FN4. The van der Waals surface area contributed by atoms with Crippen molar-refractivity contribution in [2.45, 2.75) is 32.7 Å². The predicted octanol–water partition coefficient (Wildman–Crippen LogP) is 2.10. The molecule has 0 fully saturated rings. The number of hydrogen-bond acceptors (Lipinski definition) is 2. The number of hydrogen-bond donors (Lipinski definition) is 3. The summed E-state index contributed by atoms with van der Waals surface area (Å²) in [5.74, 6) is 5.63. The molecule has 4 nitrogen and oxygen atoms in total. The normalized spacial score (nSPS) is 13.2. The molecule has 0 saturated heterocycles. The molecule has 0 spiro atoms. The highest BCUT2D eigenvalue weighted by molar-refractivity contribution is 5.79. The summed E-state index contributed by atoms with van der Waals surface area (Å²) in [7, 11) is 0. The number of benzene rings is 1. The predicted molar refractivity (Wildman–Crippen MR) is 72.5 cm³/mol. The Balaban J connectivity index is 2.65. The van der Waals surface area contributed by atoms with Crippen LogP contribution in [0, 0.1) is 5.82 Å². The summed E-state index contributed by atoms with van der Waals surface area (Å²) >= 11 is 0. The van der Waals surface area contributed by atoms with Crippen LogP contribution >= 0.6 is 0 Å². The minimum Gasteiger partial charge on any atom is -0.349 e. The van der Waals surface area contributed by atoms with Gasteiger partial charge < -0.3 is 5.32 Å². The zero-order chi connectivity index (χ0) is 13.4. The lowest BCUT2D eigenvalue weighted by atomic mass is 10.1. The Morgan fingerprint density at radius 2 is 2.17 bits per heavy atom. The van der Waals surface area contributed by atoms with Crippen molar-refractivity contribution in [3.8, 4) is 0 Å². The maximum atomic E-state index is 13.6. The zero-order valence-corrected chi connectivity index (χ0v) is 10.9. The van der Waals surface area contributed by atoms with E-state index in [4.69, 9.17) is 5.84 Å². The van der Waals surface area contributed by atoms with Crippen LogP contribution in [-0.2, 0) is 0 Å². The number of guanidine groups is 1. The Morgan fingerprint density at radius 3 is 2.78 bits per heavy atom. The molecule has 1 aromatic rings. The number of nitrogens with two attached hydrogens (primary N) is 1. The van der Waals surface area contributed by atoms with Gasteiger partial charge in [0.25, 0.3) is 0 Å². The lowest BCUT2D eigenvalue weighted by Crippen LogP contribution is -2.42. The van der Waals surface area contributed by atoms with Crippen LogP contribution in [0.2, 0.25) is 0 Å². The summed E-state index contributed by atoms with van der Waals surface area (Å²) in [5, 5.41) is 3.06. The van der Waals surface area contributed by atoms with E-state index in [1.165, 1.54) is 6.07 Å². The number of nitrogens with zero attached hydrogens (tertiary/aromatic N) is 1. The van der Waals surface area contributed by atoms with Gasteiger partial charge in [-0.2, -0.15) is 0 Å². The largest absolute Gasteiger partial charge is 0.349 e. The zero-order valence-electron chi connectivity index (χ0n) is 10.9. The first-order valence-corrected chi connectivity index (χ1v) is 6.21. The Labute approximate surface area is 107 Å². The third-order valence-corrected chi connectivity index (χ3v) is 2.64. The third-order valence-electron chi connectivity index (χ3n) is 2.64. The molecule has 0 heterocycles. The van der Waals surface area contributed by atoms with Crippen molar-refractivity contribution in [1.29, 1.82) is 0 Å². The minimum atomic E-state index is -0.234. The van der Waals surface area contributed by atoms with E-state index in [0.29, 0.717) is 18.1 Å². The Bertz CT molecular complexity index is 392. The molecule has 5 heteroatoms. The first kappa shape index (κ1) is 14.4. The van der Waals surface area contributed by atoms with Gasteiger partial charge in [-0.15, -0.1) is 0 Å². The Kier molecular flexibility index (Phi) is 6.14. The number of halogens is 1. The number of nitrogens with one attached hydrogen (secondary N) is 2. The molecule has 0 aliphatic heterocycles. The molecule has 1 rings (SSSR count). The van der Waals surface area contributed by atoms with Crippen LogP contribution in [0.25, 0.3) is 0 Å². The number of aliphatic imine (C=N–C) groups is 1. The average Bonchev–Trinajstić information content (AvgIpc) is 2.38. The summed E-state index contributed by atoms with van der Waals surface area (Å²) in [6, 6.07) is 6.47. The minimum absolute atomic E-state index is 0.192. The summed E-state index contributed by atoms with van der Waals surface area (Å²) in [5.41, 5.74) is 3.09. The smallest absolute Gasteiger partial charge is 0.206 e. The van der Waals surface area contributed by atoms with Gasteiger partial charge in [-0.1, -0.05) is 31.5 Å². The molecule has 18 heavy (non-hydrogen) atoms. The third kappa shape index (κ3) is 4.33. The monoisotopic (exact) mass is 252 g/mol. The van der Waals surface area contributed by atoms with Gasteiger partial charge >= 0.3 is 0 Å². The highest BCUT2D eigenvalue weighted by Crippen LogP contribution is 2.15. The average molecular weight is 252 g/mol. The van der Waals surface area contributed by atoms with Gasteiger partial charge in [-0.3, -0.25) is 10.4 Å². The number of unbranched alkanes of at least 4 members (excludes halogenated alkanes) is 1. The van der Waals surface area contributed by atoms with Crippen LogP contribution in [-0.4, -0.2) is 12.5 Å². The van der Waals surface area contributed by atoms with E-state index in [9.17, 15) is 4.39 Å². The molecule has 100 valence electrons. The lowest BCUT2D eigenvalue weighted by molar-refractivity contribution is 0.574. The van der Waals surface area contributed by atoms with Gasteiger partial charge in [0.2, 0.25) is 5.96 Å². The molecule has 1 aromatic carbocycles. The van der Waals surface area contributed by atoms with E-state index in [1.807, 2.05) is 6.92 Å². The van der Waals surface area contributed by atoms with Gasteiger partial charge in [0.1, 0.15) is 5.82 Å². The summed E-state index contributed by atoms with van der Waals surface area (Å²) in [6.45, 7) is 4.67. The van der Waals surface area contributed by atoms with E-state index in [-0.39, 0.29) is 11.9 Å². The van der Waals surface area contributed by atoms with Crippen molar-refractivity contribution >= 4 is 5.96 Å². The summed E-state index contributed by atoms with van der Waals surface area (Å²) in [6.07, 6.45) is 2.07. The SMILES string of the molecule is CCCCN=C(NN)NC(C)c1ccccc1F. The standard InChI is InChI=1S/C13H21FN4/c1-3-4-9-16-13(18-15)17-10(2)11-7-5-6-8-12(11)14/h5-8,10H,3-4,9,15H2,1-2H3,(H2,16,17,18). The first-order valence-electron chi connectivity index (χ1n) is 6.21. The fourth-order valence-electron chi connectivity index (χ4n) is 1.59. The van der Waals surface area contributed by atoms with Crippen molar-refractivity contribution in [3.05, 3.63) is 35.6 Å². The molecule has 4 N–H and O–H groups in total. The molecule has 0 aliphatic rings. The van der Waals surface area contributed by atoms with E-state index in [0.717, 1.165) is 12.8 Å². The quantitative estimate of drug-likeness (QED) is 0.247. The Hall–Kier alpha value is -1.62. The van der Waals surface area contributed by atoms with Crippen LogP contribution in [0.5, 0.6) is 0 Å². The van der Waals surface area contributed by atoms with Gasteiger partial charge in [0.05, 0.1) is 6.04 Å². The van der Waals surface area contributed by atoms with Gasteiger partial charge in [-0.05, 0) is 19.4 Å². The van der Waals surface area contributed by atoms with E-state index in [1.54, 1.807) is 18.2 Å². The molecule has 0 radical (unpaired) electrons. The van der Waals surface area contributed by atoms with E-state index < -0.39 is 0 Å². The summed E-state index contributed by atoms with van der Waals surface area (Å²) in [4.78, 5) is 4.27. The molecule has 0 amide bonds. The maximum absolute atomic E-state index is 13.6. The molecule has 1 atom stereocenters. The first-order chi connectivity index (χ1) is 8.69. The lowest BCUT2D eigenvalue weighted by Gasteiger charge is -2.17. The van der Waals surface area contributed by atoms with Gasteiger partial charge in [0.15, 0.2) is 0 Å². The topological polar surface area (TPSA) is 62.4 Å². The molecule has 1 unspecified atom stereocenters. The molecule has 0 aliphatic carbocycles. The number of rotatable bonds is 5. The fraction of sp³-hybridized carbons (Fsp3) is 0.462. The maximum Gasteiger partial charge on any atom is 0.206 e. The van der Waals surface area contributed by atoms with Crippen molar-refractivity contribution in [1.82, 2.24) is 10.7 Å². The molecule has 0 saturated carbocycles. The van der Waals surface area contributed by atoms with Crippen LogP contribution in [0.4, 0.5) is 4.39 Å². The van der Waals surface area contributed by atoms with Crippen molar-refractivity contribution < 1.29 is 4.39 Å². The van der Waals surface area contributed by atoms with Crippen molar-refractivity contribution in [2.24, 2.45) is 10.8 Å². The molecule has 0 aromatic heterocycles. The fourth-order valence-corrected chi connectivity index (χ4v) is 1.59. The second-order valence-electron chi connectivity index (χ2n) is 4.12. The summed E-state index contributed by atoms with van der Waals surface area (Å²) < 4.78 is 13.6. The molecule has 0 bridgehead atoms. The highest BCUT2D eigenvalue weighted by atomic mass is 19.1. The van der Waals surface area contributed by atoms with Crippen LogP contribution < -0.4 is 16.6 Å². The van der Waals surface area contributed by atoms with Crippen LogP contribution in [0.3, 0.4) is 0 Å². The Morgan fingerprint density at radius 1 is 1.44 bits per heavy atom. The van der Waals surface area contributed by atoms with E-state index in [2.05, 4.69) is 22.7 Å².